The van der Waals surface area contributed by atoms with E-state index in [9.17, 15) is 0 Å². The summed E-state index contributed by atoms with van der Waals surface area (Å²) in [7, 11) is 0. The second-order valence-electron chi connectivity index (χ2n) is 5.30. The van der Waals surface area contributed by atoms with Gasteiger partial charge in [-0.2, -0.15) is 5.10 Å². The Morgan fingerprint density at radius 1 is 1.17 bits per heavy atom. The quantitative estimate of drug-likeness (QED) is 0.598. The molecular weight excluding hydrogens is 351 g/mol. The molecule has 0 atom stereocenters. The molecule has 0 spiro atoms. The van der Waals surface area contributed by atoms with Gasteiger partial charge in [-0.1, -0.05) is 35.3 Å². The van der Waals surface area contributed by atoms with Crippen molar-refractivity contribution in [1.29, 1.82) is 0 Å². The van der Waals surface area contributed by atoms with Crippen molar-refractivity contribution >= 4 is 40.5 Å². The van der Waals surface area contributed by atoms with E-state index in [4.69, 9.17) is 35.4 Å². The highest BCUT2D eigenvalue weighted by Gasteiger charge is 2.08. The number of aryl methyl sites for hydroxylation is 2. The third-order valence-corrected chi connectivity index (χ3v) is 4.58. The van der Waals surface area contributed by atoms with Crippen LogP contribution < -0.4 is 10.6 Å². The van der Waals surface area contributed by atoms with Crippen LogP contribution in [0.4, 0.5) is 0 Å². The Labute approximate surface area is 152 Å². The van der Waals surface area contributed by atoms with Crippen molar-refractivity contribution in [3.63, 3.8) is 0 Å². The van der Waals surface area contributed by atoms with Gasteiger partial charge in [0.05, 0.1) is 16.4 Å². The number of thiocarbonyl (C=S) groups is 1. The first-order valence-corrected chi connectivity index (χ1v) is 8.59. The molecule has 0 saturated heterocycles. The van der Waals surface area contributed by atoms with Gasteiger partial charge < -0.3 is 10.6 Å². The second-order valence-corrected chi connectivity index (χ2v) is 6.52. The van der Waals surface area contributed by atoms with Gasteiger partial charge in [-0.15, -0.1) is 0 Å². The monoisotopic (exact) mass is 370 g/mol. The molecule has 124 valence electrons. The molecule has 0 aliphatic rings. The van der Waals surface area contributed by atoms with E-state index in [0.29, 0.717) is 11.7 Å². The number of aromatic nitrogens is 2. The lowest BCUT2D eigenvalue weighted by atomic mass is 10.2. The summed E-state index contributed by atoms with van der Waals surface area (Å²) in [4.78, 5) is 0. The standard InChI is InChI=1S/C16H20Cl2N4S/c1-11-15(18)12(2)22(21-11)9-3-8-19-16(23)20-10-13-4-6-14(17)7-5-13/h4-7H,3,8-10H2,1-2H3,(H2,19,20,23). The Bertz CT molecular complexity index is 667. The normalized spacial score (nSPS) is 10.6. The zero-order valence-electron chi connectivity index (χ0n) is 13.2. The van der Waals surface area contributed by atoms with Gasteiger partial charge in [-0.25, -0.2) is 0 Å². The fraction of sp³-hybridized carbons (Fsp3) is 0.375. The van der Waals surface area contributed by atoms with Crippen LogP contribution in [0.25, 0.3) is 0 Å². The average Bonchev–Trinajstić information content (AvgIpc) is 2.78. The van der Waals surface area contributed by atoms with E-state index >= 15 is 0 Å². The molecule has 0 aliphatic carbocycles. The van der Waals surface area contributed by atoms with E-state index in [0.717, 1.165) is 46.5 Å². The molecule has 0 aliphatic heterocycles. The minimum atomic E-state index is 0.645. The maximum absolute atomic E-state index is 6.13. The number of benzene rings is 1. The van der Waals surface area contributed by atoms with E-state index in [-0.39, 0.29) is 0 Å². The number of halogens is 2. The van der Waals surface area contributed by atoms with Gasteiger partial charge in [0.15, 0.2) is 5.11 Å². The first-order chi connectivity index (χ1) is 11.0. The van der Waals surface area contributed by atoms with Crippen molar-refractivity contribution < 1.29 is 0 Å². The lowest BCUT2D eigenvalue weighted by Crippen LogP contribution is -2.35. The molecule has 0 radical (unpaired) electrons. The smallest absolute Gasteiger partial charge is 0.166 e. The van der Waals surface area contributed by atoms with Gasteiger partial charge >= 0.3 is 0 Å². The number of nitrogens with one attached hydrogen (secondary N) is 2. The van der Waals surface area contributed by atoms with Crippen LogP contribution >= 0.6 is 35.4 Å². The third kappa shape index (κ3) is 5.37. The maximum Gasteiger partial charge on any atom is 0.166 e. The van der Waals surface area contributed by atoms with E-state index in [2.05, 4.69) is 15.7 Å². The largest absolute Gasteiger partial charge is 0.363 e. The molecule has 0 amide bonds. The zero-order valence-corrected chi connectivity index (χ0v) is 15.5. The maximum atomic E-state index is 6.13. The van der Waals surface area contributed by atoms with Crippen molar-refractivity contribution in [3.8, 4) is 0 Å². The first kappa shape index (κ1) is 18.0. The van der Waals surface area contributed by atoms with Crippen LogP contribution in [0.2, 0.25) is 10.0 Å². The van der Waals surface area contributed by atoms with E-state index in [1.54, 1.807) is 0 Å². The van der Waals surface area contributed by atoms with E-state index in [1.165, 1.54) is 0 Å². The van der Waals surface area contributed by atoms with Crippen LogP contribution in [0.3, 0.4) is 0 Å². The third-order valence-electron chi connectivity index (χ3n) is 3.49. The van der Waals surface area contributed by atoms with Crippen molar-refractivity contribution in [1.82, 2.24) is 20.4 Å². The number of nitrogens with zero attached hydrogens (tertiary/aromatic N) is 2. The van der Waals surface area contributed by atoms with Crippen LogP contribution in [-0.2, 0) is 13.1 Å². The molecule has 0 saturated carbocycles. The van der Waals surface area contributed by atoms with E-state index in [1.807, 2.05) is 42.8 Å². The van der Waals surface area contributed by atoms with Gasteiger partial charge in [0, 0.05) is 24.7 Å². The molecule has 1 aromatic heterocycles. The number of rotatable bonds is 6. The molecule has 0 unspecified atom stereocenters. The number of hydrogen-bond donors (Lipinski definition) is 2. The highest BCUT2D eigenvalue weighted by molar-refractivity contribution is 7.80. The van der Waals surface area contributed by atoms with Gasteiger partial charge in [-0.05, 0) is 50.2 Å². The van der Waals surface area contributed by atoms with Crippen LogP contribution in [-0.4, -0.2) is 21.4 Å². The lowest BCUT2D eigenvalue weighted by Gasteiger charge is -2.11. The van der Waals surface area contributed by atoms with Crippen LogP contribution in [0.15, 0.2) is 24.3 Å². The predicted molar refractivity (Wildman–Crippen MR) is 100 cm³/mol. The minimum Gasteiger partial charge on any atom is -0.363 e. The van der Waals surface area contributed by atoms with Gasteiger partial charge in [-0.3, -0.25) is 4.68 Å². The molecular formula is C16H20Cl2N4S. The highest BCUT2D eigenvalue weighted by Crippen LogP contribution is 2.18. The Morgan fingerprint density at radius 3 is 2.48 bits per heavy atom. The molecule has 1 heterocycles. The van der Waals surface area contributed by atoms with Crippen molar-refractivity contribution in [2.45, 2.75) is 33.4 Å². The fourth-order valence-electron chi connectivity index (χ4n) is 2.17. The molecule has 2 aromatic rings. The predicted octanol–water partition coefficient (Wildman–Crippen LogP) is 3.86. The van der Waals surface area contributed by atoms with Crippen LogP contribution in [0.5, 0.6) is 0 Å². The highest BCUT2D eigenvalue weighted by atomic mass is 35.5. The molecule has 1 aromatic carbocycles. The van der Waals surface area contributed by atoms with Gasteiger partial charge in [0.1, 0.15) is 0 Å². The molecule has 4 nitrogen and oxygen atoms in total. The first-order valence-electron chi connectivity index (χ1n) is 7.43. The summed E-state index contributed by atoms with van der Waals surface area (Å²) in [5.74, 6) is 0. The summed E-state index contributed by atoms with van der Waals surface area (Å²) in [5.41, 5.74) is 3.01. The molecule has 23 heavy (non-hydrogen) atoms. The lowest BCUT2D eigenvalue weighted by molar-refractivity contribution is 0.556. The Morgan fingerprint density at radius 2 is 1.87 bits per heavy atom. The molecule has 0 fully saturated rings. The van der Waals surface area contributed by atoms with Crippen molar-refractivity contribution in [2.24, 2.45) is 0 Å². The summed E-state index contributed by atoms with van der Waals surface area (Å²) >= 11 is 17.3. The Hall–Kier alpha value is -1.30. The summed E-state index contributed by atoms with van der Waals surface area (Å²) in [6.45, 7) is 6.17. The Balaban J connectivity index is 1.66. The molecule has 2 rings (SSSR count). The summed E-state index contributed by atoms with van der Waals surface area (Å²) in [5, 5.41) is 12.9. The van der Waals surface area contributed by atoms with Crippen LogP contribution in [0.1, 0.15) is 23.4 Å². The summed E-state index contributed by atoms with van der Waals surface area (Å²) in [6, 6.07) is 7.69. The van der Waals surface area contributed by atoms with Gasteiger partial charge in [0.25, 0.3) is 0 Å². The molecule has 2 N–H and O–H groups in total. The van der Waals surface area contributed by atoms with E-state index < -0.39 is 0 Å². The summed E-state index contributed by atoms with van der Waals surface area (Å²) < 4.78 is 1.93. The van der Waals surface area contributed by atoms with Crippen molar-refractivity contribution in [2.75, 3.05) is 6.54 Å². The summed E-state index contributed by atoms with van der Waals surface area (Å²) in [6.07, 6.45) is 0.918. The Kier molecular flexibility index (Phi) is 6.69. The second kappa shape index (κ2) is 8.52. The van der Waals surface area contributed by atoms with Crippen molar-refractivity contribution in [3.05, 3.63) is 51.3 Å². The molecule has 0 bridgehead atoms. The number of hydrogen-bond acceptors (Lipinski definition) is 2. The molecule has 7 heteroatoms. The zero-order chi connectivity index (χ0) is 16.8. The van der Waals surface area contributed by atoms with Gasteiger partial charge in [0.2, 0.25) is 0 Å². The average molecular weight is 371 g/mol. The fourth-order valence-corrected chi connectivity index (χ4v) is 2.61. The van der Waals surface area contributed by atoms with Crippen LogP contribution in [0, 0.1) is 13.8 Å². The topological polar surface area (TPSA) is 41.9 Å². The minimum absolute atomic E-state index is 0.645. The SMILES string of the molecule is Cc1nn(CCCNC(=S)NCc2ccc(Cl)cc2)c(C)c1Cl.